The standard InChI is InChI=1S/C15H16F3N3/c1-4-11(9-19)14(15(16,17)18)21-12-8-6-7-10(3)13(12)20-5-2/h4-9,19,21H,1H2,2-3H3/b14-11-,19-9?,20-5-. The number of halogens is 3. The molecule has 0 aliphatic rings. The Hall–Kier alpha value is -2.37. The molecular weight excluding hydrogens is 279 g/mol. The van der Waals surface area contributed by atoms with Crippen LogP contribution in [0.15, 0.2) is 47.1 Å². The summed E-state index contributed by atoms with van der Waals surface area (Å²) in [5.74, 6) is 0. The number of aliphatic imine (C=N–C) groups is 1. The van der Waals surface area contributed by atoms with Crippen molar-refractivity contribution in [3.63, 3.8) is 0 Å². The molecule has 0 unspecified atom stereocenters. The second-order valence-electron chi connectivity index (χ2n) is 4.16. The Bertz CT molecular complexity index is 589. The van der Waals surface area contributed by atoms with Crippen LogP contribution in [0.4, 0.5) is 24.5 Å². The number of rotatable bonds is 5. The van der Waals surface area contributed by atoms with Gasteiger partial charge in [0.15, 0.2) is 0 Å². The van der Waals surface area contributed by atoms with Gasteiger partial charge in [-0.1, -0.05) is 24.8 Å². The molecule has 1 aromatic rings. The Morgan fingerprint density at radius 2 is 2.05 bits per heavy atom. The molecule has 0 aromatic heterocycles. The van der Waals surface area contributed by atoms with E-state index in [4.69, 9.17) is 5.41 Å². The van der Waals surface area contributed by atoms with E-state index in [1.54, 1.807) is 26.0 Å². The van der Waals surface area contributed by atoms with Crippen molar-refractivity contribution < 1.29 is 13.2 Å². The van der Waals surface area contributed by atoms with Crippen LogP contribution < -0.4 is 5.32 Å². The number of allylic oxidation sites excluding steroid dienone is 3. The summed E-state index contributed by atoms with van der Waals surface area (Å²) in [6.07, 6.45) is -1.52. The number of nitrogens with zero attached hydrogens (tertiary/aromatic N) is 1. The number of hydrogen-bond donors (Lipinski definition) is 2. The van der Waals surface area contributed by atoms with Crippen molar-refractivity contribution in [1.82, 2.24) is 0 Å². The van der Waals surface area contributed by atoms with E-state index < -0.39 is 11.9 Å². The van der Waals surface area contributed by atoms with Crippen LogP contribution in [-0.4, -0.2) is 18.6 Å². The lowest BCUT2D eigenvalue weighted by atomic mass is 10.1. The smallest absolute Gasteiger partial charge is 0.349 e. The lowest BCUT2D eigenvalue weighted by Gasteiger charge is -2.18. The third kappa shape index (κ3) is 4.05. The predicted molar refractivity (Wildman–Crippen MR) is 80.7 cm³/mol. The molecule has 0 atom stereocenters. The minimum atomic E-state index is -4.63. The zero-order valence-electron chi connectivity index (χ0n) is 11.8. The molecule has 0 bridgehead atoms. The Balaban J connectivity index is 3.42. The van der Waals surface area contributed by atoms with Gasteiger partial charge in [0.2, 0.25) is 0 Å². The first-order valence-corrected chi connectivity index (χ1v) is 6.14. The van der Waals surface area contributed by atoms with Crippen LogP contribution in [0.5, 0.6) is 0 Å². The molecule has 112 valence electrons. The van der Waals surface area contributed by atoms with Crippen LogP contribution in [-0.2, 0) is 0 Å². The minimum Gasteiger partial charge on any atom is -0.349 e. The summed E-state index contributed by atoms with van der Waals surface area (Å²) < 4.78 is 39.4. The van der Waals surface area contributed by atoms with E-state index in [2.05, 4.69) is 16.9 Å². The summed E-state index contributed by atoms with van der Waals surface area (Å²) in [5.41, 5.74) is 0.0208. The lowest BCUT2D eigenvalue weighted by molar-refractivity contribution is -0.0905. The molecule has 0 spiro atoms. The van der Waals surface area contributed by atoms with Crippen molar-refractivity contribution in [2.75, 3.05) is 5.32 Å². The molecule has 1 aromatic carbocycles. The highest BCUT2D eigenvalue weighted by molar-refractivity contribution is 5.84. The summed E-state index contributed by atoms with van der Waals surface area (Å²) in [7, 11) is 0. The molecule has 0 heterocycles. The van der Waals surface area contributed by atoms with Gasteiger partial charge in [0, 0.05) is 18.0 Å². The zero-order chi connectivity index (χ0) is 16.0. The first-order valence-electron chi connectivity index (χ1n) is 6.14. The van der Waals surface area contributed by atoms with Crippen molar-refractivity contribution in [2.45, 2.75) is 20.0 Å². The van der Waals surface area contributed by atoms with Gasteiger partial charge in [0.05, 0.1) is 11.4 Å². The molecule has 1 rings (SSSR count). The van der Waals surface area contributed by atoms with Crippen molar-refractivity contribution >= 4 is 23.8 Å². The van der Waals surface area contributed by atoms with Crippen LogP contribution in [0.3, 0.4) is 0 Å². The fourth-order valence-electron chi connectivity index (χ4n) is 1.73. The average Bonchev–Trinajstić information content (AvgIpc) is 2.41. The molecule has 2 N–H and O–H groups in total. The number of anilines is 1. The molecule has 0 radical (unpaired) electrons. The topological polar surface area (TPSA) is 48.2 Å². The van der Waals surface area contributed by atoms with Crippen molar-refractivity contribution in [3.05, 3.63) is 47.7 Å². The monoisotopic (exact) mass is 295 g/mol. The number of hydrogen-bond acceptors (Lipinski definition) is 3. The Kier molecular flexibility index (Phi) is 5.46. The molecular formula is C15H16F3N3. The van der Waals surface area contributed by atoms with E-state index in [1.807, 2.05) is 0 Å². The van der Waals surface area contributed by atoms with Gasteiger partial charge in [0.1, 0.15) is 5.70 Å². The Morgan fingerprint density at radius 3 is 2.52 bits per heavy atom. The predicted octanol–water partition coefficient (Wildman–Crippen LogP) is 4.78. The number of alkyl halides is 3. The fourth-order valence-corrected chi connectivity index (χ4v) is 1.73. The van der Waals surface area contributed by atoms with E-state index in [1.165, 1.54) is 12.3 Å². The third-order valence-corrected chi connectivity index (χ3v) is 2.70. The van der Waals surface area contributed by atoms with E-state index in [0.717, 1.165) is 11.6 Å². The molecule has 0 aliphatic carbocycles. The van der Waals surface area contributed by atoms with E-state index >= 15 is 0 Å². The van der Waals surface area contributed by atoms with Gasteiger partial charge in [0.25, 0.3) is 0 Å². The van der Waals surface area contributed by atoms with E-state index in [0.29, 0.717) is 11.9 Å². The Labute approximate surface area is 121 Å². The fraction of sp³-hybridized carbons (Fsp3) is 0.200. The summed E-state index contributed by atoms with van der Waals surface area (Å²) in [5, 5.41) is 9.42. The molecule has 3 nitrogen and oxygen atoms in total. The van der Waals surface area contributed by atoms with Gasteiger partial charge in [-0.05, 0) is 25.5 Å². The minimum absolute atomic E-state index is 0.224. The summed E-state index contributed by atoms with van der Waals surface area (Å²) in [4.78, 5) is 4.09. The lowest BCUT2D eigenvalue weighted by Crippen LogP contribution is -2.21. The SMILES string of the molecule is C=C/C(C=N)=C(/Nc1cccc(C)c1/N=C\C)C(F)(F)F. The van der Waals surface area contributed by atoms with Gasteiger partial charge in [-0.2, -0.15) is 13.2 Å². The van der Waals surface area contributed by atoms with Crippen molar-refractivity contribution in [2.24, 2.45) is 4.99 Å². The van der Waals surface area contributed by atoms with Crippen LogP contribution >= 0.6 is 0 Å². The largest absolute Gasteiger partial charge is 0.431 e. The molecule has 0 saturated carbocycles. The Morgan fingerprint density at radius 1 is 1.38 bits per heavy atom. The van der Waals surface area contributed by atoms with Crippen LogP contribution in [0, 0.1) is 12.3 Å². The quantitative estimate of drug-likeness (QED) is 0.596. The number of benzene rings is 1. The van der Waals surface area contributed by atoms with Crippen molar-refractivity contribution in [1.29, 1.82) is 5.41 Å². The van der Waals surface area contributed by atoms with Gasteiger partial charge in [-0.25, -0.2) is 0 Å². The molecule has 0 saturated heterocycles. The zero-order valence-corrected chi connectivity index (χ0v) is 11.8. The van der Waals surface area contributed by atoms with Gasteiger partial charge in [-0.15, -0.1) is 0 Å². The van der Waals surface area contributed by atoms with Crippen LogP contribution in [0.25, 0.3) is 0 Å². The summed E-state index contributed by atoms with van der Waals surface area (Å²) in [6.45, 7) is 6.75. The highest BCUT2D eigenvalue weighted by Gasteiger charge is 2.36. The molecule has 0 fully saturated rings. The maximum atomic E-state index is 13.1. The van der Waals surface area contributed by atoms with Crippen LogP contribution in [0.1, 0.15) is 12.5 Å². The number of aryl methyl sites for hydroxylation is 1. The highest BCUT2D eigenvalue weighted by atomic mass is 19.4. The molecule has 21 heavy (non-hydrogen) atoms. The number of para-hydroxylation sites is 1. The highest BCUT2D eigenvalue weighted by Crippen LogP contribution is 2.34. The van der Waals surface area contributed by atoms with Gasteiger partial charge in [-0.3, -0.25) is 4.99 Å². The summed E-state index contributed by atoms with van der Waals surface area (Å²) in [6, 6.07) is 4.90. The van der Waals surface area contributed by atoms with Gasteiger partial charge >= 0.3 is 6.18 Å². The normalized spacial score (nSPS) is 13.0. The summed E-state index contributed by atoms with van der Waals surface area (Å²) >= 11 is 0. The third-order valence-electron chi connectivity index (χ3n) is 2.70. The molecule has 0 amide bonds. The maximum Gasteiger partial charge on any atom is 0.431 e. The second-order valence-corrected chi connectivity index (χ2v) is 4.16. The first kappa shape index (κ1) is 16.7. The van der Waals surface area contributed by atoms with Gasteiger partial charge < -0.3 is 10.7 Å². The number of nitrogens with one attached hydrogen (secondary N) is 2. The van der Waals surface area contributed by atoms with E-state index in [-0.39, 0.29) is 11.3 Å². The average molecular weight is 295 g/mol. The van der Waals surface area contributed by atoms with E-state index in [9.17, 15) is 13.2 Å². The molecule has 0 aliphatic heterocycles. The van der Waals surface area contributed by atoms with Crippen molar-refractivity contribution in [3.8, 4) is 0 Å². The van der Waals surface area contributed by atoms with Crippen LogP contribution in [0.2, 0.25) is 0 Å². The first-order chi connectivity index (χ1) is 9.85. The maximum absolute atomic E-state index is 13.1. The molecule has 6 heteroatoms. The second kappa shape index (κ2) is 6.88.